The number of nitriles is 1. The van der Waals surface area contributed by atoms with Gasteiger partial charge in [-0.25, -0.2) is 4.79 Å². The van der Waals surface area contributed by atoms with Crippen LogP contribution in [0.1, 0.15) is 63.6 Å². The highest BCUT2D eigenvalue weighted by Gasteiger charge is 2.30. The van der Waals surface area contributed by atoms with Crippen molar-refractivity contribution in [2.75, 3.05) is 6.54 Å². The van der Waals surface area contributed by atoms with Crippen LogP contribution < -0.4 is 0 Å². The van der Waals surface area contributed by atoms with Gasteiger partial charge in [0.15, 0.2) is 0 Å². The van der Waals surface area contributed by atoms with Crippen LogP contribution in [0.2, 0.25) is 0 Å². The van der Waals surface area contributed by atoms with Crippen molar-refractivity contribution in [3.05, 3.63) is 35.4 Å². The first-order valence-corrected chi connectivity index (χ1v) is 7.90. The summed E-state index contributed by atoms with van der Waals surface area (Å²) in [6.45, 7) is 6.39. The summed E-state index contributed by atoms with van der Waals surface area (Å²) in [5.74, 6) is 0. The molecule has 0 bridgehead atoms. The van der Waals surface area contributed by atoms with Crippen LogP contribution in [0, 0.1) is 11.3 Å². The molecule has 1 unspecified atom stereocenters. The second kappa shape index (κ2) is 6.83. The Kier molecular flexibility index (Phi) is 5.07. The molecule has 1 aromatic carbocycles. The van der Waals surface area contributed by atoms with E-state index in [0.29, 0.717) is 5.56 Å². The van der Waals surface area contributed by atoms with Crippen LogP contribution in [0.5, 0.6) is 0 Å². The zero-order valence-electron chi connectivity index (χ0n) is 13.6. The minimum absolute atomic E-state index is 0.0325. The molecule has 0 aliphatic carbocycles. The van der Waals surface area contributed by atoms with E-state index in [2.05, 4.69) is 6.07 Å². The zero-order chi connectivity index (χ0) is 16.2. The monoisotopic (exact) mass is 300 g/mol. The molecule has 0 spiro atoms. The maximum Gasteiger partial charge on any atom is 0.410 e. The standard InChI is InChI=1S/C18H24N2O2/c1-18(2,3)22-17(21)20-12-6-4-5-7-16(20)15-10-8-14(13-19)9-11-15/h8-11,16H,4-7,12H2,1-3H3. The molecule has 1 fully saturated rings. The van der Waals surface area contributed by atoms with Crippen molar-refractivity contribution in [1.29, 1.82) is 5.26 Å². The Hall–Kier alpha value is -2.02. The zero-order valence-corrected chi connectivity index (χ0v) is 13.6. The maximum absolute atomic E-state index is 12.5. The van der Waals surface area contributed by atoms with E-state index in [1.807, 2.05) is 49.9 Å². The third kappa shape index (κ3) is 4.24. The summed E-state index contributed by atoms with van der Waals surface area (Å²) in [7, 11) is 0. The average molecular weight is 300 g/mol. The summed E-state index contributed by atoms with van der Waals surface area (Å²) in [5, 5.41) is 8.92. The van der Waals surface area contributed by atoms with Crippen molar-refractivity contribution in [1.82, 2.24) is 4.90 Å². The van der Waals surface area contributed by atoms with E-state index < -0.39 is 5.60 Å². The van der Waals surface area contributed by atoms with E-state index in [4.69, 9.17) is 10.00 Å². The molecule has 4 heteroatoms. The van der Waals surface area contributed by atoms with E-state index >= 15 is 0 Å². The fourth-order valence-corrected chi connectivity index (χ4v) is 2.77. The number of amides is 1. The summed E-state index contributed by atoms with van der Waals surface area (Å²) >= 11 is 0. The van der Waals surface area contributed by atoms with Crippen molar-refractivity contribution < 1.29 is 9.53 Å². The molecule has 1 aromatic rings. The highest BCUT2D eigenvalue weighted by molar-refractivity contribution is 5.69. The normalized spacial score (nSPS) is 19.2. The van der Waals surface area contributed by atoms with Gasteiger partial charge in [0.2, 0.25) is 0 Å². The van der Waals surface area contributed by atoms with E-state index in [9.17, 15) is 4.79 Å². The van der Waals surface area contributed by atoms with Gasteiger partial charge in [-0.2, -0.15) is 5.26 Å². The lowest BCUT2D eigenvalue weighted by molar-refractivity contribution is 0.0163. The van der Waals surface area contributed by atoms with Gasteiger partial charge in [0.25, 0.3) is 0 Å². The van der Waals surface area contributed by atoms with Crippen LogP contribution >= 0.6 is 0 Å². The van der Waals surface area contributed by atoms with E-state index in [-0.39, 0.29) is 12.1 Å². The summed E-state index contributed by atoms with van der Waals surface area (Å²) < 4.78 is 5.56. The van der Waals surface area contributed by atoms with Crippen LogP contribution in [-0.4, -0.2) is 23.1 Å². The molecule has 22 heavy (non-hydrogen) atoms. The molecule has 4 nitrogen and oxygen atoms in total. The first-order valence-electron chi connectivity index (χ1n) is 7.90. The molecule has 0 aromatic heterocycles. The van der Waals surface area contributed by atoms with E-state index in [1.165, 1.54) is 0 Å². The second-order valence-corrected chi connectivity index (χ2v) is 6.77. The van der Waals surface area contributed by atoms with Crippen LogP contribution in [-0.2, 0) is 4.74 Å². The Morgan fingerprint density at radius 1 is 1.23 bits per heavy atom. The van der Waals surface area contributed by atoms with Gasteiger partial charge in [0, 0.05) is 6.54 Å². The van der Waals surface area contributed by atoms with Crippen LogP contribution in [0.4, 0.5) is 4.79 Å². The third-order valence-electron chi connectivity index (χ3n) is 3.81. The Labute approximate surface area is 132 Å². The number of carbonyl (C=O) groups excluding carboxylic acids is 1. The van der Waals surface area contributed by atoms with Crippen LogP contribution in [0.15, 0.2) is 24.3 Å². The summed E-state index contributed by atoms with van der Waals surface area (Å²) in [5.41, 5.74) is 1.23. The first-order chi connectivity index (χ1) is 10.4. The number of rotatable bonds is 1. The van der Waals surface area contributed by atoms with Crippen molar-refractivity contribution in [2.45, 2.75) is 58.1 Å². The van der Waals surface area contributed by atoms with Gasteiger partial charge in [0.05, 0.1) is 17.7 Å². The molecule has 1 amide bonds. The smallest absolute Gasteiger partial charge is 0.410 e. The Balaban J connectivity index is 2.23. The molecule has 118 valence electrons. The Morgan fingerprint density at radius 3 is 2.50 bits per heavy atom. The fraction of sp³-hybridized carbons (Fsp3) is 0.556. The lowest BCUT2D eigenvalue weighted by Gasteiger charge is -2.32. The molecule has 1 saturated heterocycles. The first kappa shape index (κ1) is 16.4. The number of carbonyl (C=O) groups is 1. The minimum atomic E-state index is -0.487. The van der Waals surface area contributed by atoms with Gasteiger partial charge in [-0.3, -0.25) is 0 Å². The predicted octanol–water partition coefficient (Wildman–Crippen LogP) is 4.41. The third-order valence-corrected chi connectivity index (χ3v) is 3.81. The van der Waals surface area contributed by atoms with Crippen LogP contribution in [0.3, 0.4) is 0 Å². The van der Waals surface area contributed by atoms with Gasteiger partial charge < -0.3 is 9.64 Å². The number of hydrogen-bond donors (Lipinski definition) is 0. The summed E-state index contributed by atoms with van der Waals surface area (Å²) in [4.78, 5) is 14.4. The van der Waals surface area contributed by atoms with Crippen molar-refractivity contribution >= 4 is 6.09 Å². The molecule has 1 heterocycles. The largest absolute Gasteiger partial charge is 0.444 e. The van der Waals surface area contributed by atoms with E-state index in [0.717, 1.165) is 37.8 Å². The molecule has 0 radical (unpaired) electrons. The number of ether oxygens (including phenoxy) is 1. The van der Waals surface area contributed by atoms with Gasteiger partial charge in [-0.1, -0.05) is 25.0 Å². The Morgan fingerprint density at radius 2 is 1.91 bits per heavy atom. The van der Waals surface area contributed by atoms with Gasteiger partial charge in [-0.05, 0) is 51.3 Å². The number of hydrogen-bond acceptors (Lipinski definition) is 3. The Bertz CT molecular complexity index is 552. The number of benzene rings is 1. The summed E-state index contributed by atoms with van der Waals surface area (Å²) in [6, 6.07) is 9.69. The molecule has 1 aliphatic heterocycles. The molecule has 0 N–H and O–H groups in total. The maximum atomic E-state index is 12.5. The van der Waals surface area contributed by atoms with E-state index in [1.54, 1.807) is 0 Å². The number of nitrogens with zero attached hydrogens (tertiary/aromatic N) is 2. The van der Waals surface area contributed by atoms with Crippen LogP contribution in [0.25, 0.3) is 0 Å². The lowest BCUT2D eigenvalue weighted by Crippen LogP contribution is -2.39. The van der Waals surface area contributed by atoms with Crippen molar-refractivity contribution in [2.24, 2.45) is 0 Å². The molecule has 1 atom stereocenters. The molecule has 1 aliphatic rings. The topological polar surface area (TPSA) is 53.3 Å². The lowest BCUT2D eigenvalue weighted by atomic mass is 10.00. The highest BCUT2D eigenvalue weighted by atomic mass is 16.6. The van der Waals surface area contributed by atoms with Gasteiger partial charge in [0.1, 0.15) is 5.60 Å². The molecular weight excluding hydrogens is 276 g/mol. The number of likely N-dealkylation sites (tertiary alicyclic amines) is 1. The molecule has 2 rings (SSSR count). The van der Waals surface area contributed by atoms with Crippen molar-refractivity contribution in [3.8, 4) is 6.07 Å². The quantitative estimate of drug-likeness (QED) is 0.772. The molecule has 0 saturated carbocycles. The second-order valence-electron chi connectivity index (χ2n) is 6.77. The van der Waals surface area contributed by atoms with Gasteiger partial charge >= 0.3 is 6.09 Å². The summed E-state index contributed by atoms with van der Waals surface area (Å²) in [6.07, 6.45) is 3.93. The fourth-order valence-electron chi connectivity index (χ4n) is 2.77. The molecular formula is C18H24N2O2. The predicted molar refractivity (Wildman–Crippen MR) is 85.3 cm³/mol. The van der Waals surface area contributed by atoms with Gasteiger partial charge in [-0.15, -0.1) is 0 Å². The SMILES string of the molecule is CC(C)(C)OC(=O)N1CCCCCC1c1ccc(C#N)cc1. The minimum Gasteiger partial charge on any atom is -0.444 e. The average Bonchev–Trinajstić information content (AvgIpc) is 2.71. The van der Waals surface area contributed by atoms with Crippen molar-refractivity contribution in [3.63, 3.8) is 0 Å². The highest BCUT2D eigenvalue weighted by Crippen LogP contribution is 2.31.